The smallest absolute Gasteiger partial charge is 0.0492 e. The van der Waals surface area contributed by atoms with Gasteiger partial charge < -0.3 is 5.32 Å². The summed E-state index contributed by atoms with van der Waals surface area (Å²) in [5.74, 6) is 1.22. The van der Waals surface area contributed by atoms with Gasteiger partial charge in [-0.3, -0.25) is 4.68 Å². The third-order valence-electron chi connectivity index (χ3n) is 2.87. The number of halogens is 1. The van der Waals surface area contributed by atoms with E-state index in [-0.39, 0.29) is 0 Å². The lowest BCUT2D eigenvalue weighted by molar-refractivity contribution is 0.431. The molecule has 1 heterocycles. The lowest BCUT2D eigenvalue weighted by Crippen LogP contribution is -2.34. The van der Waals surface area contributed by atoms with Gasteiger partial charge in [-0.05, 0) is 18.9 Å². The normalized spacial score (nSPS) is 15.2. The van der Waals surface area contributed by atoms with Gasteiger partial charge in [0.05, 0.1) is 0 Å². The molecule has 0 aromatic carbocycles. The molecule has 0 saturated carbocycles. The summed E-state index contributed by atoms with van der Waals surface area (Å²) in [4.78, 5) is 0. The van der Waals surface area contributed by atoms with Gasteiger partial charge in [0.25, 0.3) is 0 Å². The van der Waals surface area contributed by atoms with Gasteiger partial charge in [-0.15, -0.1) is 11.6 Å². The Balaban J connectivity index is 2.25. The van der Waals surface area contributed by atoms with Crippen LogP contribution in [0.1, 0.15) is 19.5 Å². The van der Waals surface area contributed by atoms with Crippen LogP contribution < -0.4 is 5.32 Å². The maximum absolute atomic E-state index is 5.80. The molecule has 0 radical (unpaired) electrons. The largest absolute Gasteiger partial charge is 0.314 e. The van der Waals surface area contributed by atoms with Gasteiger partial charge in [0.1, 0.15) is 0 Å². The van der Waals surface area contributed by atoms with Crippen LogP contribution in [-0.2, 0) is 13.5 Å². The van der Waals surface area contributed by atoms with E-state index in [4.69, 9.17) is 11.6 Å². The molecule has 1 N–H and O–H groups in total. The molecule has 3 nitrogen and oxygen atoms in total. The zero-order chi connectivity index (χ0) is 11.3. The highest BCUT2D eigenvalue weighted by Crippen LogP contribution is 2.04. The topological polar surface area (TPSA) is 29.9 Å². The zero-order valence-corrected chi connectivity index (χ0v) is 10.5. The average Bonchev–Trinajstić information content (AvgIpc) is 2.63. The van der Waals surface area contributed by atoms with Crippen LogP contribution in [0.3, 0.4) is 0 Å². The third-order valence-corrected chi connectivity index (χ3v) is 3.35. The number of hydrogen-bond acceptors (Lipinski definition) is 2. The van der Waals surface area contributed by atoms with Crippen molar-refractivity contribution in [1.29, 1.82) is 0 Å². The fraction of sp³-hybridized carbons (Fsp3) is 0.727. The minimum absolute atomic E-state index is 0.468. The Labute approximate surface area is 96.8 Å². The SMILES string of the molecule is CC(CCl)C(C)NCCc1ccnn1C. The molecule has 0 bridgehead atoms. The second-order valence-corrected chi connectivity index (χ2v) is 4.38. The lowest BCUT2D eigenvalue weighted by atomic mass is 10.1. The first-order valence-electron chi connectivity index (χ1n) is 5.41. The Bertz CT molecular complexity index is 285. The monoisotopic (exact) mass is 229 g/mol. The molecule has 0 aliphatic carbocycles. The minimum atomic E-state index is 0.468. The van der Waals surface area contributed by atoms with Gasteiger partial charge in [-0.1, -0.05) is 6.92 Å². The number of rotatable bonds is 6. The van der Waals surface area contributed by atoms with E-state index in [0.717, 1.165) is 13.0 Å². The quantitative estimate of drug-likeness (QED) is 0.755. The van der Waals surface area contributed by atoms with E-state index in [1.165, 1.54) is 5.69 Å². The van der Waals surface area contributed by atoms with E-state index in [9.17, 15) is 0 Å². The molecule has 0 aliphatic heterocycles. The summed E-state index contributed by atoms with van der Waals surface area (Å²) in [7, 11) is 1.97. The van der Waals surface area contributed by atoms with Crippen LogP contribution in [0.4, 0.5) is 0 Å². The van der Waals surface area contributed by atoms with Crippen LogP contribution in [0.2, 0.25) is 0 Å². The molecular weight excluding hydrogens is 210 g/mol. The van der Waals surface area contributed by atoms with Crippen LogP contribution in [0.5, 0.6) is 0 Å². The summed E-state index contributed by atoms with van der Waals surface area (Å²) in [6.45, 7) is 5.31. The third kappa shape index (κ3) is 3.84. The highest BCUT2D eigenvalue weighted by Gasteiger charge is 2.09. The van der Waals surface area contributed by atoms with Crippen molar-refractivity contribution in [3.8, 4) is 0 Å². The van der Waals surface area contributed by atoms with Crippen molar-refractivity contribution in [2.45, 2.75) is 26.3 Å². The van der Waals surface area contributed by atoms with E-state index in [0.29, 0.717) is 17.8 Å². The predicted molar refractivity (Wildman–Crippen MR) is 64.3 cm³/mol. The fourth-order valence-electron chi connectivity index (χ4n) is 1.41. The second-order valence-electron chi connectivity index (χ2n) is 4.07. The summed E-state index contributed by atoms with van der Waals surface area (Å²) in [5, 5.41) is 7.61. The average molecular weight is 230 g/mol. The van der Waals surface area contributed by atoms with E-state index in [1.807, 2.05) is 17.9 Å². The number of aromatic nitrogens is 2. The molecule has 1 rings (SSSR count). The summed E-state index contributed by atoms with van der Waals surface area (Å²) in [6.07, 6.45) is 2.84. The number of hydrogen-bond donors (Lipinski definition) is 1. The van der Waals surface area contributed by atoms with Crippen LogP contribution in [0.25, 0.3) is 0 Å². The van der Waals surface area contributed by atoms with Crippen LogP contribution in [-0.4, -0.2) is 28.2 Å². The number of aryl methyl sites for hydroxylation is 1. The standard InChI is InChI=1S/C11H20ClN3/c1-9(8-12)10(2)13-6-4-11-5-7-14-15(11)3/h5,7,9-10,13H,4,6,8H2,1-3H3. The lowest BCUT2D eigenvalue weighted by Gasteiger charge is -2.18. The molecule has 0 spiro atoms. The molecular formula is C11H20ClN3. The molecule has 1 aromatic heterocycles. The summed E-state index contributed by atoms with van der Waals surface area (Å²) in [6, 6.07) is 2.52. The van der Waals surface area contributed by atoms with E-state index < -0.39 is 0 Å². The van der Waals surface area contributed by atoms with E-state index >= 15 is 0 Å². The van der Waals surface area contributed by atoms with Crippen LogP contribution in [0, 0.1) is 5.92 Å². The minimum Gasteiger partial charge on any atom is -0.314 e. The van der Waals surface area contributed by atoms with Gasteiger partial charge in [-0.25, -0.2) is 0 Å². The molecule has 0 fully saturated rings. The van der Waals surface area contributed by atoms with E-state index in [1.54, 1.807) is 0 Å². The highest BCUT2D eigenvalue weighted by molar-refractivity contribution is 6.18. The molecule has 0 aliphatic rings. The van der Waals surface area contributed by atoms with Crippen molar-refractivity contribution in [1.82, 2.24) is 15.1 Å². The van der Waals surface area contributed by atoms with Gasteiger partial charge in [-0.2, -0.15) is 5.10 Å². The number of nitrogens with zero attached hydrogens (tertiary/aromatic N) is 2. The first-order chi connectivity index (χ1) is 7.15. The molecule has 86 valence electrons. The highest BCUT2D eigenvalue weighted by atomic mass is 35.5. The van der Waals surface area contributed by atoms with Crippen molar-refractivity contribution >= 4 is 11.6 Å². The summed E-state index contributed by atoms with van der Waals surface area (Å²) in [5.41, 5.74) is 1.26. The summed E-state index contributed by atoms with van der Waals surface area (Å²) >= 11 is 5.80. The number of nitrogens with one attached hydrogen (secondary N) is 1. The van der Waals surface area contributed by atoms with E-state index in [2.05, 4.69) is 30.3 Å². The predicted octanol–water partition coefficient (Wildman–Crippen LogP) is 1.82. The molecule has 4 heteroatoms. The summed E-state index contributed by atoms with van der Waals surface area (Å²) < 4.78 is 1.91. The fourth-order valence-corrected chi connectivity index (χ4v) is 1.68. The first-order valence-corrected chi connectivity index (χ1v) is 5.94. The molecule has 2 atom stereocenters. The Kier molecular flexibility index (Phi) is 5.12. The Morgan fingerprint density at radius 2 is 2.27 bits per heavy atom. The molecule has 0 saturated heterocycles. The molecule has 15 heavy (non-hydrogen) atoms. The van der Waals surface area contributed by atoms with Crippen molar-refractivity contribution in [3.63, 3.8) is 0 Å². The molecule has 0 amide bonds. The van der Waals surface area contributed by atoms with Gasteiger partial charge >= 0.3 is 0 Å². The Morgan fingerprint density at radius 1 is 1.53 bits per heavy atom. The molecule has 2 unspecified atom stereocenters. The van der Waals surface area contributed by atoms with Gasteiger partial charge in [0, 0.05) is 43.8 Å². The Morgan fingerprint density at radius 3 is 2.80 bits per heavy atom. The first kappa shape index (κ1) is 12.5. The van der Waals surface area contributed by atoms with Gasteiger partial charge in [0.2, 0.25) is 0 Å². The number of alkyl halides is 1. The van der Waals surface area contributed by atoms with Crippen LogP contribution >= 0.6 is 11.6 Å². The zero-order valence-electron chi connectivity index (χ0n) is 9.70. The van der Waals surface area contributed by atoms with Gasteiger partial charge in [0.15, 0.2) is 0 Å². The van der Waals surface area contributed by atoms with Crippen molar-refractivity contribution in [2.75, 3.05) is 12.4 Å². The van der Waals surface area contributed by atoms with Crippen molar-refractivity contribution in [2.24, 2.45) is 13.0 Å². The van der Waals surface area contributed by atoms with Crippen molar-refractivity contribution < 1.29 is 0 Å². The Hall–Kier alpha value is -0.540. The maximum Gasteiger partial charge on any atom is 0.0492 e. The van der Waals surface area contributed by atoms with Crippen LogP contribution in [0.15, 0.2) is 12.3 Å². The van der Waals surface area contributed by atoms with Crippen molar-refractivity contribution in [3.05, 3.63) is 18.0 Å². The maximum atomic E-state index is 5.80. The molecule has 1 aromatic rings. The second kappa shape index (κ2) is 6.13.